The number of esters is 2. The van der Waals surface area contributed by atoms with E-state index in [-0.39, 0.29) is 24.9 Å². The van der Waals surface area contributed by atoms with Gasteiger partial charge in [-0.3, -0.25) is 14.4 Å². The highest BCUT2D eigenvalue weighted by atomic mass is 16.6. The van der Waals surface area contributed by atoms with Crippen LogP contribution in [0, 0.1) is 11.3 Å². The SMILES string of the molecule is CCCCCC(=O)/C=C/C1CC1(C(=O)OCC)C(=O)OCC. The first-order valence-corrected chi connectivity index (χ1v) is 8.08. The Kier molecular flexibility index (Phi) is 7.28. The Bertz CT molecular complexity index is 420. The zero-order valence-electron chi connectivity index (χ0n) is 13.7. The van der Waals surface area contributed by atoms with Crippen molar-refractivity contribution in [3.63, 3.8) is 0 Å². The Labute approximate surface area is 132 Å². The summed E-state index contributed by atoms with van der Waals surface area (Å²) in [7, 11) is 0. The van der Waals surface area contributed by atoms with Gasteiger partial charge in [0.1, 0.15) is 0 Å². The molecule has 0 bridgehead atoms. The quantitative estimate of drug-likeness (QED) is 0.268. The molecule has 1 unspecified atom stereocenters. The highest BCUT2D eigenvalue weighted by molar-refractivity contribution is 6.04. The first-order valence-electron chi connectivity index (χ1n) is 8.08. The molecule has 0 saturated heterocycles. The molecule has 0 N–H and O–H groups in total. The average Bonchev–Trinajstić information content (AvgIpc) is 3.22. The van der Waals surface area contributed by atoms with Gasteiger partial charge in [0.05, 0.1) is 13.2 Å². The van der Waals surface area contributed by atoms with Crippen molar-refractivity contribution in [1.82, 2.24) is 0 Å². The van der Waals surface area contributed by atoms with Gasteiger partial charge in [0.2, 0.25) is 0 Å². The molecule has 5 nitrogen and oxygen atoms in total. The lowest BCUT2D eigenvalue weighted by molar-refractivity contribution is -0.164. The second-order valence-electron chi connectivity index (χ2n) is 5.51. The number of rotatable bonds is 10. The minimum Gasteiger partial charge on any atom is -0.465 e. The van der Waals surface area contributed by atoms with Crippen LogP contribution in [-0.4, -0.2) is 30.9 Å². The molecule has 0 aromatic rings. The fraction of sp³-hybridized carbons (Fsp3) is 0.706. The maximum absolute atomic E-state index is 12.1. The van der Waals surface area contributed by atoms with Crippen LogP contribution in [0.1, 0.15) is 52.9 Å². The van der Waals surface area contributed by atoms with E-state index in [4.69, 9.17) is 9.47 Å². The van der Waals surface area contributed by atoms with E-state index in [2.05, 4.69) is 6.92 Å². The van der Waals surface area contributed by atoms with Crippen molar-refractivity contribution in [1.29, 1.82) is 0 Å². The van der Waals surface area contributed by atoms with Gasteiger partial charge in [-0.15, -0.1) is 0 Å². The van der Waals surface area contributed by atoms with E-state index in [1.165, 1.54) is 6.08 Å². The molecule has 0 radical (unpaired) electrons. The van der Waals surface area contributed by atoms with Gasteiger partial charge < -0.3 is 9.47 Å². The van der Waals surface area contributed by atoms with E-state index in [1.54, 1.807) is 19.9 Å². The van der Waals surface area contributed by atoms with Crippen molar-refractivity contribution in [3.05, 3.63) is 12.2 Å². The molecule has 1 saturated carbocycles. The smallest absolute Gasteiger partial charge is 0.324 e. The van der Waals surface area contributed by atoms with Gasteiger partial charge in [0.25, 0.3) is 0 Å². The molecule has 0 aromatic heterocycles. The third kappa shape index (κ3) is 4.42. The van der Waals surface area contributed by atoms with Crippen LogP contribution in [0.4, 0.5) is 0 Å². The highest BCUT2D eigenvalue weighted by Gasteiger charge is 2.67. The van der Waals surface area contributed by atoms with Crippen molar-refractivity contribution in [2.75, 3.05) is 13.2 Å². The van der Waals surface area contributed by atoms with Gasteiger partial charge in [-0.1, -0.05) is 25.8 Å². The summed E-state index contributed by atoms with van der Waals surface area (Å²) < 4.78 is 9.99. The first kappa shape index (κ1) is 18.4. The van der Waals surface area contributed by atoms with Crippen LogP contribution in [0.3, 0.4) is 0 Å². The summed E-state index contributed by atoms with van der Waals surface area (Å²) in [5.74, 6) is -1.38. The summed E-state index contributed by atoms with van der Waals surface area (Å²) in [6.45, 7) is 5.90. The molecule has 5 heteroatoms. The van der Waals surface area contributed by atoms with E-state index in [0.717, 1.165) is 19.3 Å². The maximum Gasteiger partial charge on any atom is 0.324 e. The Morgan fingerprint density at radius 1 is 1.05 bits per heavy atom. The van der Waals surface area contributed by atoms with Crippen molar-refractivity contribution < 1.29 is 23.9 Å². The molecule has 124 valence electrons. The van der Waals surface area contributed by atoms with Crippen molar-refractivity contribution in [2.45, 2.75) is 52.9 Å². The molecule has 1 fully saturated rings. The Morgan fingerprint density at radius 3 is 2.14 bits per heavy atom. The number of carbonyl (C=O) groups is 3. The van der Waals surface area contributed by atoms with Gasteiger partial charge >= 0.3 is 11.9 Å². The van der Waals surface area contributed by atoms with Gasteiger partial charge in [0, 0.05) is 12.3 Å². The van der Waals surface area contributed by atoms with Crippen LogP contribution in [0.15, 0.2) is 12.2 Å². The molecular formula is C17H26O5. The Morgan fingerprint density at radius 2 is 1.64 bits per heavy atom. The van der Waals surface area contributed by atoms with Crippen LogP contribution >= 0.6 is 0 Å². The molecule has 0 aliphatic heterocycles. The standard InChI is InChI=1S/C17H26O5/c1-4-7-8-9-14(18)11-10-13-12-17(13,15(19)21-5-2)16(20)22-6-3/h10-11,13H,4-9,12H2,1-3H3/b11-10+. The number of unbranched alkanes of at least 4 members (excludes halogenated alkanes) is 2. The van der Waals surface area contributed by atoms with Gasteiger partial charge in [-0.2, -0.15) is 0 Å². The molecule has 0 heterocycles. The third-order valence-corrected chi connectivity index (χ3v) is 3.84. The zero-order valence-corrected chi connectivity index (χ0v) is 13.7. The first-order chi connectivity index (χ1) is 10.5. The second kappa shape index (κ2) is 8.71. The predicted molar refractivity (Wildman–Crippen MR) is 82.1 cm³/mol. The Hall–Kier alpha value is -1.65. The summed E-state index contributed by atoms with van der Waals surface area (Å²) in [5.41, 5.74) is -1.24. The fourth-order valence-electron chi connectivity index (χ4n) is 2.45. The summed E-state index contributed by atoms with van der Waals surface area (Å²) in [6.07, 6.45) is 6.95. The summed E-state index contributed by atoms with van der Waals surface area (Å²) >= 11 is 0. The van der Waals surface area contributed by atoms with Crippen LogP contribution in [0.25, 0.3) is 0 Å². The minimum absolute atomic E-state index is 0.0296. The lowest BCUT2D eigenvalue weighted by Gasteiger charge is -2.13. The number of hydrogen-bond acceptors (Lipinski definition) is 5. The number of allylic oxidation sites excluding steroid dienone is 2. The summed E-state index contributed by atoms with van der Waals surface area (Å²) in [6, 6.07) is 0. The van der Waals surface area contributed by atoms with Gasteiger partial charge in [-0.25, -0.2) is 0 Å². The zero-order chi connectivity index (χ0) is 16.6. The fourth-order valence-corrected chi connectivity index (χ4v) is 2.45. The topological polar surface area (TPSA) is 69.7 Å². The summed E-state index contributed by atoms with van der Waals surface area (Å²) in [4.78, 5) is 35.9. The van der Waals surface area contributed by atoms with E-state index in [1.807, 2.05) is 0 Å². The minimum atomic E-state index is -1.24. The number of ketones is 1. The number of hydrogen-bond donors (Lipinski definition) is 0. The molecule has 0 spiro atoms. The van der Waals surface area contributed by atoms with E-state index in [9.17, 15) is 14.4 Å². The van der Waals surface area contributed by atoms with Gasteiger partial charge in [-0.05, 0) is 32.8 Å². The molecule has 1 aliphatic carbocycles. The monoisotopic (exact) mass is 310 g/mol. The van der Waals surface area contributed by atoms with Crippen LogP contribution in [0.5, 0.6) is 0 Å². The number of ether oxygens (including phenoxy) is 2. The van der Waals surface area contributed by atoms with E-state index in [0.29, 0.717) is 12.8 Å². The van der Waals surface area contributed by atoms with Gasteiger partial charge in [0.15, 0.2) is 11.2 Å². The largest absolute Gasteiger partial charge is 0.465 e. The molecular weight excluding hydrogens is 284 g/mol. The van der Waals surface area contributed by atoms with Crippen LogP contribution in [0.2, 0.25) is 0 Å². The lowest BCUT2D eigenvalue weighted by atomic mass is 10.0. The second-order valence-corrected chi connectivity index (χ2v) is 5.51. The average molecular weight is 310 g/mol. The number of carbonyl (C=O) groups excluding carboxylic acids is 3. The Balaban J connectivity index is 2.65. The van der Waals surface area contributed by atoms with Crippen LogP contribution < -0.4 is 0 Å². The normalized spacial score (nSPS) is 19.0. The maximum atomic E-state index is 12.1. The van der Waals surface area contributed by atoms with E-state index >= 15 is 0 Å². The molecule has 1 aliphatic rings. The molecule has 0 aromatic carbocycles. The molecule has 22 heavy (non-hydrogen) atoms. The highest BCUT2D eigenvalue weighted by Crippen LogP contribution is 2.55. The van der Waals surface area contributed by atoms with Crippen LogP contribution in [-0.2, 0) is 23.9 Å². The molecule has 0 amide bonds. The third-order valence-electron chi connectivity index (χ3n) is 3.84. The lowest BCUT2D eigenvalue weighted by Crippen LogP contribution is -2.31. The molecule has 1 rings (SSSR count). The molecule has 1 atom stereocenters. The van der Waals surface area contributed by atoms with E-state index < -0.39 is 17.4 Å². The predicted octanol–water partition coefficient (Wildman–Crippen LogP) is 2.82. The van der Waals surface area contributed by atoms with Crippen molar-refractivity contribution in [2.24, 2.45) is 11.3 Å². The summed E-state index contributed by atoms with van der Waals surface area (Å²) in [5, 5.41) is 0. The van der Waals surface area contributed by atoms with Crippen molar-refractivity contribution >= 4 is 17.7 Å². The van der Waals surface area contributed by atoms with Crippen molar-refractivity contribution in [3.8, 4) is 0 Å².